The molecule has 0 aliphatic rings. The van der Waals surface area contributed by atoms with Crippen LogP contribution in [-0.4, -0.2) is 16.5 Å². The quantitative estimate of drug-likeness (QED) is 0.855. The molecule has 0 radical (unpaired) electrons. The van der Waals surface area contributed by atoms with E-state index in [0.717, 1.165) is 30.8 Å². The summed E-state index contributed by atoms with van der Waals surface area (Å²) in [6.45, 7) is 4.84. The fourth-order valence-electron chi connectivity index (χ4n) is 1.84. The normalized spacial score (nSPS) is 10.5. The number of anilines is 2. The first kappa shape index (κ1) is 15.2. The molecule has 0 unspecified atom stereocenters. The fraction of sp³-hybridized carbons (Fsp3) is 0.333. The van der Waals surface area contributed by atoms with Crippen molar-refractivity contribution in [3.63, 3.8) is 0 Å². The van der Waals surface area contributed by atoms with Gasteiger partial charge in [-0.05, 0) is 31.5 Å². The van der Waals surface area contributed by atoms with Crippen molar-refractivity contribution < 1.29 is 8.78 Å². The van der Waals surface area contributed by atoms with Crippen molar-refractivity contribution in [2.24, 2.45) is 0 Å². The van der Waals surface area contributed by atoms with E-state index in [9.17, 15) is 8.78 Å². The zero-order valence-electron chi connectivity index (χ0n) is 12.1. The third-order valence-electron chi connectivity index (χ3n) is 2.86. The van der Waals surface area contributed by atoms with Gasteiger partial charge >= 0.3 is 0 Å². The van der Waals surface area contributed by atoms with Crippen LogP contribution in [0.5, 0.6) is 0 Å². The smallest absolute Gasteiger partial charge is 0.224 e. The summed E-state index contributed by atoms with van der Waals surface area (Å²) in [6, 6.07) is 5.15. The highest BCUT2D eigenvalue weighted by Gasteiger charge is 2.06. The molecule has 0 atom stereocenters. The van der Waals surface area contributed by atoms with E-state index in [1.807, 2.05) is 6.92 Å². The number of rotatable bonds is 6. The third-order valence-corrected chi connectivity index (χ3v) is 2.86. The summed E-state index contributed by atoms with van der Waals surface area (Å²) in [5.41, 5.74) is 1.06. The van der Waals surface area contributed by atoms with Gasteiger partial charge in [-0.1, -0.05) is 6.92 Å². The molecular formula is C15H18F2N4. The number of benzene rings is 1. The standard InChI is InChI=1S/C15H18F2N4/c1-3-6-18-15-20-10(2)7-14(21-15)19-9-11-8-12(16)4-5-13(11)17/h4-5,7-8H,3,6,9H2,1-2H3,(H2,18,19,20,21). The van der Waals surface area contributed by atoms with E-state index >= 15 is 0 Å². The molecule has 0 spiro atoms. The summed E-state index contributed by atoms with van der Waals surface area (Å²) >= 11 is 0. The van der Waals surface area contributed by atoms with Gasteiger partial charge in [-0.25, -0.2) is 13.8 Å². The number of halogens is 2. The molecule has 6 heteroatoms. The Morgan fingerprint density at radius 2 is 1.90 bits per heavy atom. The van der Waals surface area contributed by atoms with Crippen LogP contribution < -0.4 is 10.6 Å². The van der Waals surface area contributed by atoms with Crippen molar-refractivity contribution in [2.75, 3.05) is 17.2 Å². The van der Waals surface area contributed by atoms with E-state index in [4.69, 9.17) is 0 Å². The third kappa shape index (κ3) is 4.37. The number of nitrogens with one attached hydrogen (secondary N) is 2. The second-order valence-electron chi connectivity index (χ2n) is 4.73. The van der Waals surface area contributed by atoms with E-state index < -0.39 is 11.6 Å². The van der Waals surface area contributed by atoms with E-state index in [2.05, 4.69) is 27.5 Å². The van der Waals surface area contributed by atoms with E-state index in [0.29, 0.717) is 11.8 Å². The Hall–Kier alpha value is -2.24. The molecular weight excluding hydrogens is 274 g/mol. The average molecular weight is 292 g/mol. The van der Waals surface area contributed by atoms with Crippen LogP contribution in [-0.2, 0) is 6.54 Å². The minimum atomic E-state index is -0.461. The predicted octanol–water partition coefficient (Wildman–Crippen LogP) is 3.50. The highest BCUT2D eigenvalue weighted by Crippen LogP contribution is 2.14. The van der Waals surface area contributed by atoms with Crippen molar-refractivity contribution >= 4 is 11.8 Å². The number of hydrogen-bond donors (Lipinski definition) is 2. The lowest BCUT2D eigenvalue weighted by Crippen LogP contribution is -2.09. The Labute approximate surface area is 122 Å². The maximum atomic E-state index is 13.5. The molecule has 4 nitrogen and oxygen atoms in total. The zero-order chi connectivity index (χ0) is 15.2. The van der Waals surface area contributed by atoms with Crippen LogP contribution in [0.15, 0.2) is 24.3 Å². The summed E-state index contributed by atoms with van der Waals surface area (Å²) in [6.07, 6.45) is 0.967. The summed E-state index contributed by atoms with van der Waals surface area (Å²) in [5.74, 6) is 0.195. The number of nitrogens with zero attached hydrogens (tertiary/aromatic N) is 2. The Bertz CT molecular complexity index is 617. The van der Waals surface area contributed by atoms with Gasteiger partial charge in [-0.15, -0.1) is 0 Å². The van der Waals surface area contributed by atoms with Crippen LogP contribution in [0.4, 0.5) is 20.5 Å². The predicted molar refractivity (Wildman–Crippen MR) is 79.2 cm³/mol. The highest BCUT2D eigenvalue weighted by molar-refractivity contribution is 5.42. The maximum Gasteiger partial charge on any atom is 0.224 e. The Balaban J connectivity index is 2.08. The van der Waals surface area contributed by atoms with Crippen molar-refractivity contribution in [1.29, 1.82) is 0 Å². The van der Waals surface area contributed by atoms with Crippen molar-refractivity contribution in [2.45, 2.75) is 26.8 Å². The first-order chi connectivity index (χ1) is 10.1. The lowest BCUT2D eigenvalue weighted by molar-refractivity contribution is 0.587. The summed E-state index contributed by atoms with van der Waals surface area (Å²) in [7, 11) is 0. The van der Waals surface area contributed by atoms with Gasteiger partial charge in [0.1, 0.15) is 17.5 Å². The molecule has 2 N–H and O–H groups in total. The van der Waals surface area contributed by atoms with Crippen LogP contribution in [0, 0.1) is 18.6 Å². The van der Waals surface area contributed by atoms with Crippen LogP contribution in [0.3, 0.4) is 0 Å². The van der Waals surface area contributed by atoms with Crippen LogP contribution in [0.25, 0.3) is 0 Å². The number of aromatic nitrogens is 2. The topological polar surface area (TPSA) is 49.8 Å². The molecule has 0 aliphatic heterocycles. The molecule has 1 heterocycles. The van der Waals surface area contributed by atoms with Crippen molar-refractivity contribution in [3.8, 4) is 0 Å². The Morgan fingerprint density at radius 3 is 2.67 bits per heavy atom. The Morgan fingerprint density at radius 1 is 1.10 bits per heavy atom. The summed E-state index contributed by atoms with van der Waals surface area (Å²) in [5, 5.41) is 6.09. The molecule has 0 saturated carbocycles. The van der Waals surface area contributed by atoms with Crippen LogP contribution in [0.2, 0.25) is 0 Å². The molecule has 0 saturated heterocycles. The molecule has 0 bridgehead atoms. The van der Waals surface area contributed by atoms with Gasteiger partial charge in [0, 0.05) is 30.4 Å². The molecule has 2 aromatic rings. The van der Waals surface area contributed by atoms with E-state index in [1.54, 1.807) is 6.07 Å². The average Bonchev–Trinajstić information content (AvgIpc) is 2.45. The van der Waals surface area contributed by atoms with E-state index in [-0.39, 0.29) is 12.1 Å². The molecule has 21 heavy (non-hydrogen) atoms. The van der Waals surface area contributed by atoms with E-state index in [1.165, 1.54) is 6.07 Å². The second kappa shape index (κ2) is 6.97. The molecule has 0 fully saturated rings. The highest BCUT2D eigenvalue weighted by atomic mass is 19.1. The molecule has 0 aliphatic carbocycles. The van der Waals surface area contributed by atoms with Gasteiger partial charge in [0.05, 0.1) is 0 Å². The lowest BCUT2D eigenvalue weighted by atomic mass is 10.2. The second-order valence-corrected chi connectivity index (χ2v) is 4.73. The van der Waals surface area contributed by atoms with Crippen LogP contribution >= 0.6 is 0 Å². The largest absolute Gasteiger partial charge is 0.366 e. The molecule has 1 aromatic carbocycles. The molecule has 0 amide bonds. The number of hydrogen-bond acceptors (Lipinski definition) is 4. The minimum Gasteiger partial charge on any atom is -0.366 e. The summed E-state index contributed by atoms with van der Waals surface area (Å²) in [4.78, 5) is 8.55. The van der Waals surface area contributed by atoms with Gasteiger partial charge in [0.15, 0.2) is 0 Å². The first-order valence-corrected chi connectivity index (χ1v) is 6.86. The van der Waals surface area contributed by atoms with Gasteiger partial charge in [-0.3, -0.25) is 0 Å². The fourth-order valence-corrected chi connectivity index (χ4v) is 1.84. The summed E-state index contributed by atoms with van der Waals surface area (Å²) < 4.78 is 26.7. The Kier molecular flexibility index (Phi) is 5.03. The van der Waals surface area contributed by atoms with Gasteiger partial charge in [-0.2, -0.15) is 4.98 Å². The minimum absolute atomic E-state index is 0.160. The first-order valence-electron chi connectivity index (χ1n) is 6.86. The van der Waals surface area contributed by atoms with Crippen molar-refractivity contribution in [3.05, 3.63) is 47.2 Å². The molecule has 1 aromatic heterocycles. The van der Waals surface area contributed by atoms with Gasteiger partial charge in [0.2, 0.25) is 5.95 Å². The zero-order valence-corrected chi connectivity index (χ0v) is 12.1. The SMILES string of the molecule is CCCNc1nc(C)cc(NCc2cc(F)ccc2F)n1. The molecule has 112 valence electrons. The maximum absolute atomic E-state index is 13.5. The lowest BCUT2D eigenvalue weighted by Gasteiger charge is -2.10. The van der Waals surface area contributed by atoms with Gasteiger partial charge < -0.3 is 10.6 Å². The van der Waals surface area contributed by atoms with Crippen molar-refractivity contribution in [1.82, 2.24) is 9.97 Å². The molecule has 2 rings (SSSR count). The van der Waals surface area contributed by atoms with Gasteiger partial charge in [0.25, 0.3) is 0 Å². The van der Waals surface area contributed by atoms with Crippen LogP contribution in [0.1, 0.15) is 24.6 Å². The number of aryl methyl sites for hydroxylation is 1. The monoisotopic (exact) mass is 292 g/mol.